The van der Waals surface area contributed by atoms with Crippen LogP contribution in [0.25, 0.3) is 5.70 Å². The van der Waals surface area contributed by atoms with E-state index in [0.717, 1.165) is 11.3 Å². The Kier molecular flexibility index (Phi) is 8.07. The standard InChI is InChI=1S/C26H27N3O4/c1-18-15-20(9-12-25(18)30)24(28)16-23(27)19-7-10-22(11-8-19)33-17-26(31)29-13-14-32-21-5-3-2-4-6-21/h2-12,15-16,27,30H,13-14,17,28H2,1H3,(H,29,31)/b24-16-,27-23?. The van der Waals surface area contributed by atoms with E-state index >= 15 is 0 Å². The molecule has 0 heterocycles. The van der Waals surface area contributed by atoms with Crippen molar-refractivity contribution in [1.29, 1.82) is 5.41 Å². The molecule has 0 bridgehead atoms. The Morgan fingerprint density at radius 3 is 2.36 bits per heavy atom. The Balaban J connectivity index is 1.44. The number of rotatable bonds is 10. The van der Waals surface area contributed by atoms with Gasteiger partial charge in [-0.2, -0.15) is 0 Å². The Morgan fingerprint density at radius 1 is 1.00 bits per heavy atom. The zero-order chi connectivity index (χ0) is 23.6. The van der Waals surface area contributed by atoms with E-state index in [1.807, 2.05) is 30.3 Å². The van der Waals surface area contributed by atoms with Crippen LogP contribution in [-0.4, -0.2) is 36.5 Å². The number of phenolic OH excluding ortho intramolecular Hbond substituents is 1. The minimum Gasteiger partial charge on any atom is -0.508 e. The van der Waals surface area contributed by atoms with Crippen LogP contribution in [0.4, 0.5) is 0 Å². The maximum absolute atomic E-state index is 11.9. The Labute approximate surface area is 193 Å². The summed E-state index contributed by atoms with van der Waals surface area (Å²) in [6.45, 7) is 2.42. The molecule has 0 saturated heterocycles. The van der Waals surface area contributed by atoms with Gasteiger partial charge in [-0.25, -0.2) is 0 Å². The average molecular weight is 446 g/mol. The lowest BCUT2D eigenvalue weighted by atomic mass is 10.0. The van der Waals surface area contributed by atoms with E-state index in [2.05, 4.69) is 5.32 Å². The molecule has 0 aliphatic carbocycles. The summed E-state index contributed by atoms with van der Waals surface area (Å²) in [7, 11) is 0. The maximum Gasteiger partial charge on any atom is 0.258 e. The smallest absolute Gasteiger partial charge is 0.258 e. The predicted molar refractivity (Wildman–Crippen MR) is 129 cm³/mol. The molecule has 0 saturated carbocycles. The SMILES string of the molecule is Cc1cc(/C(N)=C/C(=N)c2ccc(OCC(=O)NCCOc3ccccc3)cc2)ccc1O. The van der Waals surface area contributed by atoms with Crippen LogP contribution in [0.5, 0.6) is 17.2 Å². The number of phenols is 1. The molecule has 0 aliphatic rings. The zero-order valence-corrected chi connectivity index (χ0v) is 18.4. The second-order valence-corrected chi connectivity index (χ2v) is 7.34. The second-order valence-electron chi connectivity index (χ2n) is 7.34. The first-order chi connectivity index (χ1) is 15.9. The highest BCUT2D eigenvalue weighted by Crippen LogP contribution is 2.21. The van der Waals surface area contributed by atoms with Crippen LogP contribution >= 0.6 is 0 Å². The number of aryl methyl sites for hydroxylation is 1. The third-order valence-corrected chi connectivity index (χ3v) is 4.80. The minimum atomic E-state index is -0.247. The molecular formula is C26H27N3O4. The van der Waals surface area contributed by atoms with Crippen molar-refractivity contribution in [1.82, 2.24) is 5.32 Å². The number of hydrogen-bond acceptors (Lipinski definition) is 6. The van der Waals surface area contributed by atoms with Gasteiger partial charge in [0, 0.05) is 5.70 Å². The quantitative estimate of drug-likeness (QED) is 0.281. The second kappa shape index (κ2) is 11.4. The Bertz CT molecular complexity index is 1130. The highest BCUT2D eigenvalue weighted by Gasteiger charge is 2.06. The minimum absolute atomic E-state index is 0.116. The summed E-state index contributed by atoms with van der Waals surface area (Å²) in [6, 6.07) is 21.3. The van der Waals surface area contributed by atoms with Crippen LogP contribution in [0.3, 0.4) is 0 Å². The van der Waals surface area contributed by atoms with Gasteiger partial charge in [0.05, 0.1) is 12.3 Å². The van der Waals surface area contributed by atoms with E-state index in [1.54, 1.807) is 55.5 Å². The number of allylic oxidation sites excluding steroid dienone is 1. The summed E-state index contributed by atoms with van der Waals surface area (Å²) in [4.78, 5) is 11.9. The average Bonchev–Trinajstić information content (AvgIpc) is 2.83. The molecule has 0 radical (unpaired) electrons. The molecule has 33 heavy (non-hydrogen) atoms. The Hall–Kier alpha value is -4.26. The molecule has 0 fully saturated rings. The molecular weight excluding hydrogens is 418 g/mol. The number of nitrogens with one attached hydrogen (secondary N) is 2. The van der Waals surface area contributed by atoms with Gasteiger partial charge < -0.3 is 31.0 Å². The number of nitrogens with two attached hydrogens (primary N) is 1. The van der Waals surface area contributed by atoms with Crippen molar-refractivity contribution in [3.8, 4) is 17.2 Å². The fraction of sp³-hybridized carbons (Fsp3) is 0.154. The fourth-order valence-corrected chi connectivity index (χ4v) is 2.96. The lowest BCUT2D eigenvalue weighted by Crippen LogP contribution is -2.32. The summed E-state index contributed by atoms with van der Waals surface area (Å²) in [5.41, 5.74) is 8.87. The van der Waals surface area contributed by atoms with E-state index in [4.69, 9.17) is 20.6 Å². The van der Waals surface area contributed by atoms with Crippen molar-refractivity contribution in [2.75, 3.05) is 19.8 Å². The number of carbonyl (C=O) groups excluding carboxylic acids is 1. The highest BCUT2D eigenvalue weighted by atomic mass is 16.5. The van der Waals surface area contributed by atoms with Crippen LogP contribution < -0.4 is 20.5 Å². The lowest BCUT2D eigenvalue weighted by Gasteiger charge is -2.09. The molecule has 7 nitrogen and oxygen atoms in total. The predicted octanol–water partition coefficient (Wildman–Crippen LogP) is 3.64. The molecule has 0 aliphatic heterocycles. The van der Waals surface area contributed by atoms with Gasteiger partial charge in [-0.15, -0.1) is 0 Å². The first-order valence-corrected chi connectivity index (χ1v) is 10.5. The third-order valence-electron chi connectivity index (χ3n) is 4.80. The normalized spacial score (nSPS) is 11.0. The summed E-state index contributed by atoms with van der Waals surface area (Å²) < 4.78 is 11.0. The van der Waals surface area contributed by atoms with Crippen molar-refractivity contribution < 1.29 is 19.4 Å². The molecule has 3 aromatic carbocycles. The highest BCUT2D eigenvalue weighted by molar-refractivity contribution is 6.10. The Morgan fingerprint density at radius 2 is 1.67 bits per heavy atom. The van der Waals surface area contributed by atoms with Crippen molar-refractivity contribution in [3.63, 3.8) is 0 Å². The number of benzene rings is 3. The molecule has 3 aromatic rings. The first-order valence-electron chi connectivity index (χ1n) is 10.5. The topological polar surface area (TPSA) is 118 Å². The molecule has 170 valence electrons. The first kappa shape index (κ1) is 23.4. The number of carbonyl (C=O) groups is 1. The van der Waals surface area contributed by atoms with Crippen LogP contribution in [0, 0.1) is 12.3 Å². The van der Waals surface area contributed by atoms with E-state index < -0.39 is 0 Å². The largest absolute Gasteiger partial charge is 0.508 e. The van der Waals surface area contributed by atoms with E-state index in [0.29, 0.717) is 35.7 Å². The lowest BCUT2D eigenvalue weighted by molar-refractivity contribution is -0.123. The van der Waals surface area contributed by atoms with Crippen molar-refractivity contribution in [2.24, 2.45) is 5.73 Å². The molecule has 7 heteroatoms. The van der Waals surface area contributed by atoms with Crippen molar-refractivity contribution in [2.45, 2.75) is 6.92 Å². The van der Waals surface area contributed by atoms with Crippen LogP contribution in [0.15, 0.2) is 78.9 Å². The van der Waals surface area contributed by atoms with E-state index in [-0.39, 0.29) is 24.0 Å². The molecule has 0 aromatic heterocycles. The number of amides is 1. The van der Waals surface area contributed by atoms with Gasteiger partial charge in [-0.05, 0) is 84.3 Å². The summed E-state index contributed by atoms with van der Waals surface area (Å²) in [5, 5.41) is 20.7. The molecule has 5 N–H and O–H groups in total. The van der Waals surface area contributed by atoms with E-state index in [1.165, 1.54) is 0 Å². The van der Waals surface area contributed by atoms with Gasteiger partial charge in [0.2, 0.25) is 0 Å². The van der Waals surface area contributed by atoms with Gasteiger partial charge in [-0.3, -0.25) is 4.79 Å². The maximum atomic E-state index is 11.9. The van der Waals surface area contributed by atoms with Gasteiger partial charge >= 0.3 is 0 Å². The van der Waals surface area contributed by atoms with Crippen LogP contribution in [0.1, 0.15) is 16.7 Å². The molecule has 1 amide bonds. The van der Waals surface area contributed by atoms with Crippen molar-refractivity contribution >= 4 is 17.3 Å². The summed E-state index contributed by atoms with van der Waals surface area (Å²) in [5.74, 6) is 1.23. The third kappa shape index (κ3) is 7.14. The number of para-hydroxylation sites is 1. The fourth-order valence-electron chi connectivity index (χ4n) is 2.96. The molecule has 3 rings (SSSR count). The van der Waals surface area contributed by atoms with Crippen LogP contribution in [-0.2, 0) is 4.79 Å². The number of hydrogen-bond donors (Lipinski definition) is 4. The van der Waals surface area contributed by atoms with Crippen LogP contribution in [0.2, 0.25) is 0 Å². The molecule has 0 unspecified atom stereocenters. The zero-order valence-electron chi connectivity index (χ0n) is 18.4. The molecule has 0 atom stereocenters. The molecule has 0 spiro atoms. The summed E-state index contributed by atoms with van der Waals surface area (Å²) >= 11 is 0. The van der Waals surface area contributed by atoms with Gasteiger partial charge in [0.1, 0.15) is 23.9 Å². The van der Waals surface area contributed by atoms with Gasteiger partial charge in [0.15, 0.2) is 6.61 Å². The van der Waals surface area contributed by atoms with Crippen molar-refractivity contribution in [3.05, 3.63) is 95.6 Å². The monoisotopic (exact) mass is 445 g/mol. The number of aromatic hydroxyl groups is 1. The van der Waals surface area contributed by atoms with Gasteiger partial charge in [-0.1, -0.05) is 18.2 Å². The summed E-state index contributed by atoms with van der Waals surface area (Å²) in [6.07, 6.45) is 1.56. The van der Waals surface area contributed by atoms with Gasteiger partial charge in [0.25, 0.3) is 5.91 Å². The van der Waals surface area contributed by atoms with E-state index in [9.17, 15) is 9.90 Å². The number of ether oxygens (including phenoxy) is 2.